The third-order valence-corrected chi connectivity index (χ3v) is 12.7. The molecule has 3 fully saturated rings. The van der Waals surface area contributed by atoms with Crippen LogP contribution in [0.4, 0.5) is 34.5 Å². The van der Waals surface area contributed by atoms with Crippen molar-refractivity contribution in [1.82, 2.24) is 45.5 Å². The number of rotatable bonds is 9. The molecule has 0 radical (unpaired) electrons. The minimum Gasteiger partial charge on any atom is -0.398 e. The van der Waals surface area contributed by atoms with E-state index >= 15 is 0 Å². The van der Waals surface area contributed by atoms with Crippen LogP contribution >= 0.6 is 0 Å². The number of nitrogens with one attached hydrogen (secondary N) is 6. The molecule has 72 heavy (non-hydrogen) atoms. The fourth-order valence-electron chi connectivity index (χ4n) is 8.33. The maximum atomic E-state index is 12.1. The molecule has 21 nitrogen and oxygen atoms in total. The normalized spacial score (nSPS) is 19.0. The molecule has 9 aromatic rings. The maximum absolute atomic E-state index is 12.1. The third kappa shape index (κ3) is 9.73. The SMILES string of the molecule is N#CC1CC1C(=O)Nc1cc2cc(-c3cn[nH]c3)cc(N)c2cn1.N#C[C@@H]1C[C@H]1C(=O)Nc1cc2cc(-c3cn[nH]c3)cc(N)c2cn1.N#C[C@H]1C[C@@H]1C(=O)Nc1cc2cc(-c3cn[nH]c3)cc(N)c2cn1. The van der Waals surface area contributed by atoms with Crippen LogP contribution in [0.1, 0.15) is 19.3 Å². The summed E-state index contributed by atoms with van der Waals surface area (Å²) in [6, 6.07) is 23.2. The second-order valence-corrected chi connectivity index (χ2v) is 17.7. The predicted molar refractivity (Wildman–Crippen MR) is 269 cm³/mol. The molecule has 6 heterocycles. The first-order valence-corrected chi connectivity index (χ1v) is 22.6. The number of benzene rings is 3. The van der Waals surface area contributed by atoms with Crippen LogP contribution in [-0.4, -0.2) is 63.3 Å². The minimum absolute atomic E-state index is 0.160. The minimum atomic E-state index is -0.227. The number of fused-ring (bicyclic) bond motifs is 3. The summed E-state index contributed by atoms with van der Waals surface area (Å²) in [6.07, 6.45) is 17.3. The molecule has 6 atom stereocenters. The summed E-state index contributed by atoms with van der Waals surface area (Å²) >= 11 is 0. The van der Waals surface area contributed by atoms with Crippen molar-refractivity contribution in [3.63, 3.8) is 0 Å². The molecule has 21 heteroatoms. The summed E-state index contributed by atoms with van der Waals surface area (Å²) in [5.74, 6) is -0.303. The van der Waals surface area contributed by atoms with Gasteiger partial charge in [0.15, 0.2) is 0 Å². The molecular formula is C51H42N18O3. The van der Waals surface area contributed by atoms with Gasteiger partial charge in [-0.15, -0.1) is 0 Å². The summed E-state index contributed by atoms with van der Waals surface area (Å²) in [7, 11) is 0. The molecule has 3 aliphatic rings. The number of carbonyl (C=O) groups excluding carboxylic acids is 3. The third-order valence-electron chi connectivity index (χ3n) is 12.7. The topological polar surface area (TPSA) is 361 Å². The van der Waals surface area contributed by atoms with E-state index in [2.05, 4.69) is 79.7 Å². The van der Waals surface area contributed by atoms with E-state index in [1.165, 1.54) is 0 Å². The van der Waals surface area contributed by atoms with Gasteiger partial charge in [0.1, 0.15) is 17.5 Å². The van der Waals surface area contributed by atoms with E-state index in [4.69, 9.17) is 33.0 Å². The second-order valence-electron chi connectivity index (χ2n) is 17.7. The van der Waals surface area contributed by atoms with Crippen molar-refractivity contribution < 1.29 is 14.4 Å². The molecule has 0 bridgehead atoms. The van der Waals surface area contributed by atoms with Crippen LogP contribution in [0.2, 0.25) is 0 Å². The van der Waals surface area contributed by atoms with Crippen LogP contribution in [0.3, 0.4) is 0 Å². The summed E-state index contributed by atoms with van der Waals surface area (Å²) in [6.45, 7) is 0. The Balaban J connectivity index is 0.000000124. The fraction of sp³-hybridized carbons (Fsp3) is 0.176. The van der Waals surface area contributed by atoms with Crippen LogP contribution in [0.15, 0.2) is 110 Å². The first-order valence-electron chi connectivity index (χ1n) is 22.6. The first kappa shape index (κ1) is 45.6. The average molecular weight is 955 g/mol. The van der Waals surface area contributed by atoms with Crippen molar-refractivity contribution in [2.75, 3.05) is 33.2 Å². The number of H-pyrrole nitrogens is 3. The lowest BCUT2D eigenvalue weighted by atomic mass is 10.0. The average Bonchev–Trinajstić information content (AvgIpc) is 4.31. The number of hydrogen-bond donors (Lipinski definition) is 9. The number of hydrogen-bond acceptors (Lipinski definition) is 15. The molecule has 0 spiro atoms. The Hall–Kier alpha value is -10.2. The molecule has 0 aliphatic heterocycles. The van der Waals surface area contributed by atoms with Crippen LogP contribution in [0, 0.1) is 69.5 Å². The fourth-order valence-corrected chi connectivity index (χ4v) is 8.33. The highest BCUT2D eigenvalue weighted by molar-refractivity contribution is 6.03. The highest BCUT2D eigenvalue weighted by Crippen LogP contribution is 2.41. The molecule has 12 rings (SSSR count). The number of carbonyl (C=O) groups is 3. The van der Waals surface area contributed by atoms with Gasteiger partial charge >= 0.3 is 0 Å². The van der Waals surface area contributed by atoms with Crippen LogP contribution in [0.25, 0.3) is 65.7 Å². The number of aromatic amines is 3. The van der Waals surface area contributed by atoms with Gasteiger partial charge in [0.25, 0.3) is 0 Å². The predicted octanol–water partition coefficient (Wildman–Crippen LogP) is 6.92. The van der Waals surface area contributed by atoms with E-state index in [1.54, 1.807) is 74.0 Å². The molecule has 3 amide bonds. The summed E-state index contributed by atoms with van der Waals surface area (Å²) in [4.78, 5) is 48.9. The zero-order valence-corrected chi connectivity index (χ0v) is 38.0. The van der Waals surface area contributed by atoms with E-state index in [9.17, 15) is 14.4 Å². The zero-order valence-electron chi connectivity index (χ0n) is 38.0. The summed E-state index contributed by atoms with van der Waals surface area (Å²) in [5, 5.41) is 60.0. The second kappa shape index (κ2) is 19.1. The molecule has 354 valence electrons. The molecule has 3 aliphatic carbocycles. The Kier molecular flexibility index (Phi) is 12.1. The van der Waals surface area contributed by atoms with E-state index in [0.29, 0.717) is 53.8 Å². The largest absolute Gasteiger partial charge is 0.398 e. The molecular weight excluding hydrogens is 913 g/mol. The van der Waals surface area contributed by atoms with Crippen molar-refractivity contribution in [1.29, 1.82) is 15.8 Å². The quantitative estimate of drug-likeness (QED) is 0.0663. The lowest BCUT2D eigenvalue weighted by Crippen LogP contribution is -2.15. The van der Waals surface area contributed by atoms with E-state index < -0.39 is 0 Å². The van der Waals surface area contributed by atoms with Gasteiger partial charge in [-0.1, -0.05) is 0 Å². The Labute approximate surface area is 408 Å². The Morgan fingerprint density at radius 2 is 0.736 bits per heavy atom. The molecule has 0 saturated heterocycles. The number of nitrogen functional groups attached to an aromatic ring is 3. The Bertz CT molecular complexity index is 3300. The van der Waals surface area contributed by atoms with Crippen molar-refractivity contribution in [2.24, 2.45) is 35.5 Å². The Morgan fingerprint density at radius 1 is 0.444 bits per heavy atom. The molecule has 3 aromatic carbocycles. The number of anilines is 6. The highest BCUT2D eigenvalue weighted by atomic mass is 16.2. The van der Waals surface area contributed by atoms with Gasteiger partial charge in [-0.05, 0) is 107 Å². The van der Waals surface area contributed by atoms with Gasteiger partial charge in [-0.3, -0.25) is 29.7 Å². The summed E-state index contributed by atoms with van der Waals surface area (Å²) < 4.78 is 0. The monoisotopic (exact) mass is 954 g/mol. The number of nitrogens with two attached hydrogens (primary N) is 3. The van der Waals surface area contributed by atoms with Crippen molar-refractivity contribution in [3.8, 4) is 51.6 Å². The lowest BCUT2D eigenvalue weighted by molar-refractivity contribution is -0.118. The lowest BCUT2D eigenvalue weighted by Gasteiger charge is -2.08. The smallest absolute Gasteiger partial charge is 0.230 e. The van der Waals surface area contributed by atoms with Crippen LogP contribution < -0.4 is 33.2 Å². The van der Waals surface area contributed by atoms with Gasteiger partial charge < -0.3 is 33.2 Å². The van der Waals surface area contributed by atoms with E-state index in [0.717, 1.165) is 65.7 Å². The van der Waals surface area contributed by atoms with Crippen molar-refractivity contribution in [2.45, 2.75) is 19.3 Å². The molecule has 2 unspecified atom stereocenters. The van der Waals surface area contributed by atoms with Gasteiger partial charge in [-0.25, -0.2) is 15.0 Å². The number of nitrogens with zero attached hydrogens (tertiary/aromatic N) is 9. The van der Waals surface area contributed by atoms with Crippen LogP contribution in [0.5, 0.6) is 0 Å². The molecule has 6 aromatic heterocycles. The Morgan fingerprint density at radius 3 is 0.972 bits per heavy atom. The van der Waals surface area contributed by atoms with Gasteiger partial charge in [0.05, 0.1) is 72.3 Å². The van der Waals surface area contributed by atoms with E-state index in [1.807, 2.05) is 36.4 Å². The van der Waals surface area contributed by atoms with Crippen molar-refractivity contribution >= 4 is 84.6 Å². The number of pyridine rings is 3. The van der Waals surface area contributed by atoms with Gasteiger partial charge in [0.2, 0.25) is 17.7 Å². The standard InChI is InChI=1S/3C17H14N6O/c3*18-5-11-2-13(11)17(24)23-16-4-10-1-9(12-6-21-22-7-12)3-15(19)14(10)8-20-16/h3*1,3-4,6-8,11,13H,2,19H2,(H,21,22)(H,20,23,24)/t2*11-,13+;/m10./s1. The first-order chi connectivity index (χ1) is 35.0. The summed E-state index contributed by atoms with van der Waals surface area (Å²) in [5.41, 5.74) is 25.8. The zero-order chi connectivity index (χ0) is 50.0. The number of aromatic nitrogens is 9. The molecule has 3 saturated carbocycles. The van der Waals surface area contributed by atoms with Gasteiger partial charge in [0, 0.05) is 87.1 Å². The van der Waals surface area contributed by atoms with Gasteiger partial charge in [-0.2, -0.15) is 31.1 Å². The van der Waals surface area contributed by atoms with Crippen LogP contribution in [-0.2, 0) is 14.4 Å². The highest BCUT2D eigenvalue weighted by Gasteiger charge is 2.45. The van der Waals surface area contributed by atoms with E-state index in [-0.39, 0.29) is 53.2 Å². The van der Waals surface area contributed by atoms with Crippen molar-refractivity contribution in [3.05, 3.63) is 110 Å². The number of amides is 3. The molecule has 12 N–H and O–H groups in total. The number of nitriles is 3. The maximum Gasteiger partial charge on any atom is 0.230 e.